The Morgan fingerprint density at radius 3 is 2.45 bits per heavy atom. The number of aromatic nitrogens is 1. The van der Waals surface area contributed by atoms with E-state index in [0.717, 1.165) is 15.7 Å². The molecular weight excluding hydrogens is 414 g/mol. The first-order chi connectivity index (χ1) is 10.4. The van der Waals surface area contributed by atoms with E-state index in [-0.39, 0.29) is 11.1 Å². The summed E-state index contributed by atoms with van der Waals surface area (Å²) >= 11 is 6.90. The second-order valence-electron chi connectivity index (χ2n) is 4.96. The number of carbonyl (C=O) groups is 1. The molecule has 1 N–H and O–H groups in total. The van der Waals surface area contributed by atoms with Crippen LogP contribution < -0.4 is 5.56 Å². The lowest BCUT2D eigenvalue weighted by molar-refractivity contribution is 0.0697. The summed E-state index contributed by atoms with van der Waals surface area (Å²) in [6, 6.07) is 8.56. The van der Waals surface area contributed by atoms with Crippen molar-refractivity contribution in [1.29, 1.82) is 0 Å². The van der Waals surface area contributed by atoms with E-state index in [2.05, 4.69) is 31.9 Å². The van der Waals surface area contributed by atoms with E-state index in [1.807, 2.05) is 6.07 Å². The van der Waals surface area contributed by atoms with Gasteiger partial charge in [0.2, 0.25) is 0 Å². The SMILES string of the molecule is Cc1cc(Br)c(CBr)n(CCc2ccc(C(=O)O)cc2)c1=O. The number of aromatic carboxylic acids is 1. The molecule has 1 heterocycles. The van der Waals surface area contributed by atoms with Crippen LogP contribution in [0, 0.1) is 6.92 Å². The second-order valence-corrected chi connectivity index (χ2v) is 6.38. The fourth-order valence-corrected chi connectivity index (χ4v) is 3.91. The minimum absolute atomic E-state index is 0.000180. The topological polar surface area (TPSA) is 59.3 Å². The summed E-state index contributed by atoms with van der Waals surface area (Å²) in [4.78, 5) is 23.1. The number of hydrogen-bond donors (Lipinski definition) is 1. The summed E-state index contributed by atoms with van der Waals surface area (Å²) in [6.07, 6.45) is 0.662. The number of rotatable bonds is 5. The number of alkyl halides is 1. The third-order valence-corrected chi connectivity index (χ3v) is 4.70. The number of benzene rings is 1. The van der Waals surface area contributed by atoms with Gasteiger partial charge in [-0.25, -0.2) is 4.79 Å². The van der Waals surface area contributed by atoms with Gasteiger partial charge in [0.1, 0.15) is 0 Å². The van der Waals surface area contributed by atoms with Gasteiger partial charge in [0.05, 0.1) is 5.56 Å². The van der Waals surface area contributed by atoms with Crippen molar-refractivity contribution in [3.05, 3.63) is 67.5 Å². The molecule has 1 aromatic heterocycles. The maximum absolute atomic E-state index is 12.3. The van der Waals surface area contributed by atoms with Crippen LogP contribution in [0.15, 0.2) is 39.6 Å². The van der Waals surface area contributed by atoms with E-state index in [0.29, 0.717) is 23.9 Å². The number of nitrogens with zero attached hydrogens (tertiary/aromatic N) is 1. The first-order valence-electron chi connectivity index (χ1n) is 6.71. The standard InChI is InChI=1S/C16H15Br2NO3/c1-10-8-13(18)14(9-17)19(15(10)20)7-6-11-2-4-12(5-3-11)16(21)22/h2-5,8H,6-7,9H2,1H3,(H,21,22). The lowest BCUT2D eigenvalue weighted by Gasteiger charge is -2.14. The fourth-order valence-electron chi connectivity index (χ4n) is 2.23. The fraction of sp³-hybridized carbons (Fsp3) is 0.250. The Labute approximate surface area is 145 Å². The molecule has 2 aromatic rings. The lowest BCUT2D eigenvalue weighted by Crippen LogP contribution is -2.26. The van der Waals surface area contributed by atoms with E-state index < -0.39 is 5.97 Å². The van der Waals surface area contributed by atoms with Crippen molar-refractivity contribution in [2.24, 2.45) is 0 Å². The molecule has 0 saturated carbocycles. The molecule has 1 aromatic carbocycles. The highest BCUT2D eigenvalue weighted by Gasteiger charge is 2.10. The number of pyridine rings is 1. The van der Waals surface area contributed by atoms with Crippen LogP contribution in [0.25, 0.3) is 0 Å². The molecule has 0 amide bonds. The summed E-state index contributed by atoms with van der Waals surface area (Å²) in [5.74, 6) is -0.938. The summed E-state index contributed by atoms with van der Waals surface area (Å²) in [6.45, 7) is 2.34. The van der Waals surface area contributed by atoms with Gasteiger partial charge in [-0.05, 0) is 53.0 Å². The summed E-state index contributed by atoms with van der Waals surface area (Å²) in [5.41, 5.74) is 2.85. The maximum Gasteiger partial charge on any atom is 0.335 e. The van der Waals surface area contributed by atoms with Gasteiger partial charge in [-0.1, -0.05) is 28.1 Å². The average Bonchev–Trinajstić information content (AvgIpc) is 2.49. The Hall–Kier alpha value is -1.40. The zero-order chi connectivity index (χ0) is 16.3. The van der Waals surface area contributed by atoms with Crippen molar-refractivity contribution < 1.29 is 9.90 Å². The van der Waals surface area contributed by atoms with Crippen molar-refractivity contribution in [3.63, 3.8) is 0 Å². The first kappa shape index (κ1) is 17.0. The molecule has 0 unspecified atom stereocenters. The molecule has 4 nitrogen and oxygen atoms in total. The summed E-state index contributed by atoms with van der Waals surface area (Å²) in [7, 11) is 0. The molecule has 0 atom stereocenters. The quantitative estimate of drug-likeness (QED) is 0.737. The smallest absolute Gasteiger partial charge is 0.335 e. The third kappa shape index (κ3) is 3.67. The lowest BCUT2D eigenvalue weighted by atomic mass is 10.1. The van der Waals surface area contributed by atoms with Crippen molar-refractivity contribution in [3.8, 4) is 0 Å². The van der Waals surface area contributed by atoms with Crippen LogP contribution in [0.4, 0.5) is 0 Å². The van der Waals surface area contributed by atoms with Crippen LogP contribution in [0.5, 0.6) is 0 Å². The second kappa shape index (κ2) is 7.24. The maximum atomic E-state index is 12.3. The van der Waals surface area contributed by atoms with E-state index >= 15 is 0 Å². The monoisotopic (exact) mass is 427 g/mol. The zero-order valence-electron chi connectivity index (χ0n) is 12.0. The van der Waals surface area contributed by atoms with E-state index in [4.69, 9.17) is 5.11 Å². The Morgan fingerprint density at radius 2 is 1.91 bits per heavy atom. The van der Waals surface area contributed by atoms with Crippen molar-refractivity contribution in [1.82, 2.24) is 4.57 Å². The summed E-state index contributed by atoms with van der Waals surface area (Å²) in [5, 5.41) is 9.48. The van der Waals surface area contributed by atoms with Gasteiger partial charge < -0.3 is 9.67 Å². The molecule has 22 heavy (non-hydrogen) atoms. The van der Waals surface area contributed by atoms with Gasteiger partial charge in [-0.15, -0.1) is 0 Å². The van der Waals surface area contributed by atoms with Crippen LogP contribution in [0.3, 0.4) is 0 Å². The van der Waals surface area contributed by atoms with Crippen molar-refractivity contribution in [2.45, 2.75) is 25.2 Å². The zero-order valence-corrected chi connectivity index (χ0v) is 15.1. The Bertz CT molecular complexity index is 751. The Kier molecular flexibility index (Phi) is 5.58. The van der Waals surface area contributed by atoms with Crippen molar-refractivity contribution in [2.75, 3.05) is 0 Å². The van der Waals surface area contributed by atoms with Gasteiger partial charge in [-0.3, -0.25) is 4.79 Å². The van der Waals surface area contributed by atoms with Gasteiger partial charge in [-0.2, -0.15) is 0 Å². The normalized spacial score (nSPS) is 10.7. The van der Waals surface area contributed by atoms with Crippen LogP contribution >= 0.6 is 31.9 Å². The van der Waals surface area contributed by atoms with Crippen molar-refractivity contribution >= 4 is 37.8 Å². The molecule has 0 spiro atoms. The first-order valence-corrected chi connectivity index (χ1v) is 8.62. The van der Waals surface area contributed by atoms with E-state index in [9.17, 15) is 9.59 Å². The molecule has 2 rings (SSSR count). The summed E-state index contributed by atoms with van der Waals surface area (Å²) < 4.78 is 2.65. The Balaban J connectivity index is 2.24. The number of aryl methyl sites for hydroxylation is 2. The highest BCUT2D eigenvalue weighted by Crippen LogP contribution is 2.19. The number of hydrogen-bond acceptors (Lipinski definition) is 2. The number of halogens is 2. The largest absolute Gasteiger partial charge is 0.478 e. The number of carboxylic acids is 1. The predicted octanol–water partition coefficient (Wildman–Crippen LogP) is 3.76. The van der Waals surface area contributed by atoms with Crippen LogP contribution in [0.2, 0.25) is 0 Å². The third-order valence-electron chi connectivity index (χ3n) is 3.48. The molecule has 0 aliphatic carbocycles. The van der Waals surface area contributed by atoms with Gasteiger partial charge >= 0.3 is 5.97 Å². The molecule has 0 aliphatic rings. The van der Waals surface area contributed by atoms with Gasteiger partial charge in [0, 0.05) is 27.6 Å². The molecule has 0 radical (unpaired) electrons. The molecule has 0 saturated heterocycles. The molecule has 116 valence electrons. The molecule has 6 heteroatoms. The minimum Gasteiger partial charge on any atom is -0.478 e. The van der Waals surface area contributed by atoms with E-state index in [1.165, 1.54) is 0 Å². The van der Waals surface area contributed by atoms with Crippen LogP contribution in [0.1, 0.15) is 27.2 Å². The minimum atomic E-state index is -0.938. The molecule has 0 aliphatic heterocycles. The number of carboxylic acid groups (broad SMARTS) is 1. The van der Waals surface area contributed by atoms with Gasteiger partial charge in [0.15, 0.2) is 0 Å². The molecule has 0 bridgehead atoms. The highest BCUT2D eigenvalue weighted by molar-refractivity contribution is 9.10. The van der Waals surface area contributed by atoms with Crippen LogP contribution in [-0.2, 0) is 18.3 Å². The van der Waals surface area contributed by atoms with Gasteiger partial charge in [0.25, 0.3) is 5.56 Å². The van der Waals surface area contributed by atoms with E-state index in [1.54, 1.807) is 35.8 Å². The molecular formula is C16H15Br2NO3. The highest BCUT2D eigenvalue weighted by atomic mass is 79.9. The Morgan fingerprint density at radius 1 is 1.27 bits per heavy atom. The van der Waals surface area contributed by atoms with Crippen LogP contribution in [-0.4, -0.2) is 15.6 Å². The molecule has 0 fully saturated rings. The predicted molar refractivity (Wildman–Crippen MR) is 92.9 cm³/mol. The average molecular weight is 429 g/mol.